The fraction of sp³-hybridized carbons (Fsp3) is 0.800. The van der Waals surface area contributed by atoms with E-state index in [1.54, 1.807) is 0 Å². The van der Waals surface area contributed by atoms with Crippen molar-refractivity contribution in [2.24, 2.45) is 5.41 Å². The van der Waals surface area contributed by atoms with Crippen LogP contribution in [-0.2, 0) is 19.1 Å². The fourth-order valence-electron chi connectivity index (χ4n) is 4.14. The molecule has 0 atom stereocenters. The zero-order valence-electron chi connectivity index (χ0n) is 22.7. The molecule has 0 amide bonds. The number of esters is 2. The summed E-state index contributed by atoms with van der Waals surface area (Å²) >= 11 is 0. The molecule has 0 aromatic rings. The molecule has 0 saturated carbocycles. The van der Waals surface area contributed by atoms with Gasteiger partial charge in [-0.05, 0) is 63.2 Å². The van der Waals surface area contributed by atoms with Gasteiger partial charge in [-0.2, -0.15) is 0 Å². The average Bonchev–Trinajstić information content (AvgIpc) is 2.82. The number of allylic oxidation sites excluding steroid dienone is 2. The van der Waals surface area contributed by atoms with Crippen molar-refractivity contribution in [2.75, 3.05) is 19.8 Å². The Morgan fingerprint density at radius 2 is 1.03 bits per heavy atom. The van der Waals surface area contributed by atoms with Crippen molar-refractivity contribution in [1.29, 1.82) is 0 Å². The highest BCUT2D eigenvalue weighted by Gasteiger charge is 2.24. The summed E-state index contributed by atoms with van der Waals surface area (Å²) in [6.45, 7) is 10.3. The Morgan fingerprint density at radius 1 is 0.657 bits per heavy atom. The van der Waals surface area contributed by atoms with Crippen LogP contribution in [-0.4, -0.2) is 36.9 Å². The molecule has 0 aromatic carbocycles. The van der Waals surface area contributed by atoms with Gasteiger partial charge >= 0.3 is 11.9 Å². The van der Waals surface area contributed by atoms with Gasteiger partial charge in [-0.15, -0.1) is 13.2 Å². The van der Waals surface area contributed by atoms with E-state index in [0.29, 0.717) is 45.3 Å². The number of carbonyl (C=O) groups excluding carboxylic acids is 2. The summed E-state index contributed by atoms with van der Waals surface area (Å²) in [4.78, 5) is 24.0. The molecule has 0 aliphatic carbocycles. The van der Waals surface area contributed by atoms with Crippen molar-refractivity contribution in [3.8, 4) is 0 Å². The first kappa shape index (κ1) is 33.4. The molecular weight excluding hydrogens is 440 g/mol. The number of aliphatic hydroxyl groups excluding tert-OH is 1. The largest absolute Gasteiger partial charge is 0.466 e. The Morgan fingerprint density at radius 3 is 1.40 bits per heavy atom. The highest BCUT2D eigenvalue weighted by atomic mass is 16.5. The van der Waals surface area contributed by atoms with E-state index in [1.165, 1.54) is 38.5 Å². The molecule has 204 valence electrons. The first-order valence-electron chi connectivity index (χ1n) is 14.1. The lowest BCUT2D eigenvalue weighted by Gasteiger charge is -2.28. The van der Waals surface area contributed by atoms with Crippen molar-refractivity contribution >= 4 is 11.9 Å². The van der Waals surface area contributed by atoms with Crippen molar-refractivity contribution in [1.82, 2.24) is 0 Å². The lowest BCUT2D eigenvalue weighted by molar-refractivity contribution is -0.145. The molecule has 0 bridgehead atoms. The third-order valence-corrected chi connectivity index (χ3v) is 6.73. The Labute approximate surface area is 215 Å². The average molecular weight is 495 g/mol. The first-order valence-corrected chi connectivity index (χ1v) is 14.1. The number of rotatable bonds is 26. The molecule has 0 unspecified atom stereocenters. The van der Waals surface area contributed by atoms with Gasteiger partial charge in [0, 0.05) is 19.4 Å². The van der Waals surface area contributed by atoms with Gasteiger partial charge in [-0.1, -0.05) is 70.4 Å². The van der Waals surface area contributed by atoms with Gasteiger partial charge in [0.15, 0.2) is 0 Å². The number of carbonyl (C=O) groups is 2. The maximum absolute atomic E-state index is 12.0. The predicted molar refractivity (Wildman–Crippen MR) is 145 cm³/mol. The van der Waals surface area contributed by atoms with Crippen LogP contribution >= 0.6 is 0 Å². The van der Waals surface area contributed by atoms with Gasteiger partial charge in [0.05, 0.1) is 13.2 Å². The zero-order valence-corrected chi connectivity index (χ0v) is 22.7. The second kappa shape index (κ2) is 24.1. The lowest BCUT2D eigenvalue weighted by Crippen LogP contribution is -2.24. The summed E-state index contributed by atoms with van der Waals surface area (Å²) in [5, 5.41) is 9.46. The van der Waals surface area contributed by atoms with E-state index in [-0.39, 0.29) is 24.0 Å². The van der Waals surface area contributed by atoms with Crippen LogP contribution in [0.5, 0.6) is 0 Å². The fourth-order valence-corrected chi connectivity index (χ4v) is 4.14. The van der Waals surface area contributed by atoms with Gasteiger partial charge in [-0.3, -0.25) is 9.59 Å². The van der Waals surface area contributed by atoms with Crippen LogP contribution < -0.4 is 0 Å². The highest BCUT2D eigenvalue weighted by molar-refractivity contribution is 5.69. The molecule has 0 aliphatic rings. The molecule has 0 saturated heterocycles. The van der Waals surface area contributed by atoms with Gasteiger partial charge in [0.25, 0.3) is 0 Å². The van der Waals surface area contributed by atoms with E-state index in [2.05, 4.69) is 20.1 Å². The van der Waals surface area contributed by atoms with Gasteiger partial charge in [-0.25, -0.2) is 0 Å². The van der Waals surface area contributed by atoms with Crippen LogP contribution in [0.2, 0.25) is 0 Å². The quantitative estimate of drug-likeness (QED) is 0.0752. The van der Waals surface area contributed by atoms with E-state index in [4.69, 9.17) is 9.47 Å². The number of ether oxygens (including phenoxy) is 2. The maximum atomic E-state index is 12.0. The molecule has 0 spiro atoms. The molecule has 0 radical (unpaired) electrons. The van der Waals surface area contributed by atoms with E-state index in [1.807, 2.05) is 12.2 Å². The van der Waals surface area contributed by atoms with Crippen molar-refractivity contribution in [3.63, 3.8) is 0 Å². The smallest absolute Gasteiger partial charge is 0.305 e. The molecule has 0 aliphatic heterocycles. The number of hydrogen-bond acceptors (Lipinski definition) is 5. The molecule has 0 heterocycles. The van der Waals surface area contributed by atoms with Crippen LogP contribution in [0.4, 0.5) is 0 Å². The van der Waals surface area contributed by atoms with Gasteiger partial charge in [0.1, 0.15) is 0 Å². The van der Waals surface area contributed by atoms with Crippen molar-refractivity contribution < 1.29 is 24.2 Å². The Hall–Kier alpha value is -1.62. The zero-order chi connectivity index (χ0) is 26.0. The van der Waals surface area contributed by atoms with Gasteiger partial charge < -0.3 is 14.6 Å². The summed E-state index contributed by atoms with van der Waals surface area (Å²) < 4.78 is 10.9. The number of unbranched alkanes of at least 4 members (excludes halogenated alkanes) is 12. The minimum Gasteiger partial charge on any atom is -0.466 e. The van der Waals surface area contributed by atoms with Gasteiger partial charge in [0.2, 0.25) is 0 Å². The Balaban J connectivity index is 3.88. The standard InChI is InChI=1S/C30H54O5/c1-4-6-8-10-12-14-16-18-20-28(32)34-26-23-30(3,22-25-31)24-27-35-29(33)21-19-17-15-13-11-9-7-5-2/h4-5,31H,1-2,6-27H2,3H3. The molecule has 1 N–H and O–H groups in total. The summed E-state index contributed by atoms with van der Waals surface area (Å²) in [6, 6.07) is 0. The van der Waals surface area contributed by atoms with E-state index >= 15 is 0 Å². The third-order valence-electron chi connectivity index (χ3n) is 6.73. The molecule has 5 nitrogen and oxygen atoms in total. The number of hydrogen-bond donors (Lipinski definition) is 1. The molecule has 35 heavy (non-hydrogen) atoms. The summed E-state index contributed by atoms with van der Waals surface area (Å²) in [6.07, 6.45) is 22.4. The predicted octanol–water partition coefficient (Wildman–Crippen LogP) is 7.86. The lowest BCUT2D eigenvalue weighted by atomic mass is 9.81. The van der Waals surface area contributed by atoms with Crippen molar-refractivity contribution in [3.05, 3.63) is 25.3 Å². The second-order valence-corrected chi connectivity index (χ2v) is 10.1. The van der Waals surface area contributed by atoms with Crippen LogP contribution in [0.3, 0.4) is 0 Å². The third kappa shape index (κ3) is 22.6. The molecule has 0 aromatic heterocycles. The number of aliphatic hydroxyl groups is 1. The highest BCUT2D eigenvalue weighted by Crippen LogP contribution is 2.30. The van der Waals surface area contributed by atoms with E-state index in [0.717, 1.165) is 51.4 Å². The summed E-state index contributed by atoms with van der Waals surface area (Å²) in [7, 11) is 0. The minimum absolute atomic E-state index is 0.0675. The first-order chi connectivity index (χ1) is 17.0. The molecule has 5 heteroatoms. The Kier molecular flexibility index (Phi) is 23.0. The monoisotopic (exact) mass is 494 g/mol. The van der Waals surface area contributed by atoms with Crippen LogP contribution in [0.15, 0.2) is 25.3 Å². The maximum Gasteiger partial charge on any atom is 0.305 e. The van der Waals surface area contributed by atoms with Crippen LogP contribution in [0, 0.1) is 5.41 Å². The summed E-state index contributed by atoms with van der Waals surface area (Å²) in [5.41, 5.74) is -0.216. The SMILES string of the molecule is C=CCCCCCCCCC(=O)OCCC(C)(CCO)CCOC(=O)CCCCCCCCC=C. The summed E-state index contributed by atoms with van der Waals surface area (Å²) in [5.74, 6) is -0.287. The topological polar surface area (TPSA) is 72.8 Å². The van der Waals surface area contributed by atoms with E-state index < -0.39 is 0 Å². The van der Waals surface area contributed by atoms with Crippen molar-refractivity contribution in [2.45, 2.75) is 129 Å². The normalized spacial score (nSPS) is 11.3. The molecule has 0 fully saturated rings. The molecule has 0 rings (SSSR count). The van der Waals surface area contributed by atoms with Crippen LogP contribution in [0.25, 0.3) is 0 Å². The van der Waals surface area contributed by atoms with Crippen LogP contribution in [0.1, 0.15) is 129 Å². The second-order valence-electron chi connectivity index (χ2n) is 10.1. The minimum atomic E-state index is -0.216. The Bertz CT molecular complexity index is 501. The van der Waals surface area contributed by atoms with E-state index in [9.17, 15) is 14.7 Å². The molecular formula is C30H54O5.